The first-order valence-electron chi connectivity index (χ1n) is 4.71. The number of rotatable bonds is 6. The van der Waals surface area contributed by atoms with Crippen LogP contribution in [0.1, 0.15) is 40.0 Å². The zero-order chi connectivity index (χ0) is 9.61. The van der Waals surface area contributed by atoms with E-state index in [1.807, 2.05) is 6.92 Å². The van der Waals surface area contributed by atoms with E-state index in [9.17, 15) is 5.11 Å². The lowest BCUT2D eigenvalue weighted by molar-refractivity contribution is 0.0363. The predicted octanol–water partition coefficient (Wildman–Crippen LogP) is 2.21. The summed E-state index contributed by atoms with van der Waals surface area (Å²) in [5, 5.41) is 9.21. The van der Waals surface area contributed by atoms with Crippen molar-refractivity contribution in [2.45, 2.75) is 46.1 Å². The highest BCUT2D eigenvalue weighted by atomic mass is 16.5. The molecule has 1 N–H and O–H groups in total. The summed E-state index contributed by atoms with van der Waals surface area (Å²) in [6, 6.07) is 0. The molecule has 0 radical (unpaired) electrons. The molecule has 0 aromatic carbocycles. The van der Waals surface area contributed by atoms with Crippen LogP contribution in [0.25, 0.3) is 0 Å². The van der Waals surface area contributed by atoms with E-state index in [-0.39, 0.29) is 18.1 Å². The molecule has 2 heteroatoms. The van der Waals surface area contributed by atoms with Gasteiger partial charge in [0.05, 0.1) is 6.10 Å². The maximum absolute atomic E-state index is 9.21. The van der Waals surface area contributed by atoms with Crippen LogP contribution in [-0.4, -0.2) is 24.9 Å². The van der Waals surface area contributed by atoms with E-state index < -0.39 is 0 Å². The van der Waals surface area contributed by atoms with Gasteiger partial charge in [-0.1, -0.05) is 20.3 Å². The summed E-state index contributed by atoms with van der Waals surface area (Å²) in [5.41, 5.74) is 0.0458. The molecule has 0 saturated heterocycles. The fraction of sp³-hybridized carbons (Fsp3) is 1.00. The van der Waals surface area contributed by atoms with Crippen molar-refractivity contribution >= 4 is 0 Å². The van der Waals surface area contributed by atoms with Crippen molar-refractivity contribution in [3.63, 3.8) is 0 Å². The van der Waals surface area contributed by atoms with E-state index in [0.717, 1.165) is 19.3 Å². The molecule has 0 aromatic heterocycles. The van der Waals surface area contributed by atoms with Gasteiger partial charge >= 0.3 is 0 Å². The summed E-state index contributed by atoms with van der Waals surface area (Å²) >= 11 is 0. The van der Waals surface area contributed by atoms with Gasteiger partial charge in [0.2, 0.25) is 0 Å². The fourth-order valence-electron chi connectivity index (χ4n) is 1.63. The topological polar surface area (TPSA) is 29.5 Å². The summed E-state index contributed by atoms with van der Waals surface area (Å²) in [6.45, 7) is 6.56. The average molecular weight is 174 g/mol. The maximum Gasteiger partial charge on any atom is 0.0549 e. The van der Waals surface area contributed by atoms with Gasteiger partial charge in [-0.25, -0.2) is 0 Å². The van der Waals surface area contributed by atoms with Crippen LogP contribution in [0.3, 0.4) is 0 Å². The zero-order valence-electron chi connectivity index (χ0n) is 8.76. The van der Waals surface area contributed by atoms with Crippen LogP contribution in [0, 0.1) is 5.41 Å². The maximum atomic E-state index is 9.21. The van der Waals surface area contributed by atoms with E-state index in [1.54, 1.807) is 7.11 Å². The van der Waals surface area contributed by atoms with Crippen molar-refractivity contribution in [1.29, 1.82) is 0 Å². The molecule has 0 rings (SSSR count). The molecule has 74 valence electrons. The second kappa shape index (κ2) is 5.55. The SMILES string of the molecule is CCCC(C)(CO)CC(C)OC. The second-order valence-electron chi connectivity index (χ2n) is 3.97. The van der Waals surface area contributed by atoms with Gasteiger partial charge in [-0.15, -0.1) is 0 Å². The highest BCUT2D eigenvalue weighted by Crippen LogP contribution is 2.28. The van der Waals surface area contributed by atoms with E-state index in [1.165, 1.54) is 0 Å². The molecule has 0 bridgehead atoms. The van der Waals surface area contributed by atoms with Crippen molar-refractivity contribution < 1.29 is 9.84 Å². The second-order valence-corrected chi connectivity index (χ2v) is 3.97. The molecule has 0 amide bonds. The van der Waals surface area contributed by atoms with Crippen LogP contribution in [0.15, 0.2) is 0 Å². The molecule has 0 saturated carbocycles. The summed E-state index contributed by atoms with van der Waals surface area (Å²) in [7, 11) is 1.72. The normalized spacial score (nSPS) is 18.8. The molecule has 2 unspecified atom stereocenters. The molecule has 0 aliphatic rings. The van der Waals surface area contributed by atoms with Gasteiger partial charge in [0, 0.05) is 13.7 Å². The third-order valence-corrected chi connectivity index (χ3v) is 2.42. The first-order valence-corrected chi connectivity index (χ1v) is 4.71. The minimum absolute atomic E-state index is 0.0458. The van der Waals surface area contributed by atoms with E-state index in [2.05, 4.69) is 13.8 Å². The summed E-state index contributed by atoms with van der Waals surface area (Å²) in [4.78, 5) is 0. The van der Waals surface area contributed by atoms with Crippen molar-refractivity contribution in [1.82, 2.24) is 0 Å². The fourth-order valence-corrected chi connectivity index (χ4v) is 1.63. The first kappa shape index (κ1) is 11.9. The Bertz CT molecular complexity index is 114. The van der Waals surface area contributed by atoms with Gasteiger partial charge in [0.25, 0.3) is 0 Å². The number of ether oxygens (including phenoxy) is 1. The van der Waals surface area contributed by atoms with Crippen molar-refractivity contribution in [2.75, 3.05) is 13.7 Å². The Labute approximate surface area is 75.9 Å². The van der Waals surface area contributed by atoms with E-state index >= 15 is 0 Å². The molecular formula is C10H22O2. The molecule has 0 spiro atoms. The lowest BCUT2D eigenvalue weighted by atomic mass is 9.81. The molecular weight excluding hydrogens is 152 g/mol. The van der Waals surface area contributed by atoms with Gasteiger partial charge in [-0.3, -0.25) is 0 Å². The molecule has 0 aliphatic carbocycles. The predicted molar refractivity (Wildman–Crippen MR) is 51.2 cm³/mol. The molecule has 0 heterocycles. The number of aliphatic hydroxyl groups excluding tert-OH is 1. The third kappa shape index (κ3) is 4.07. The molecule has 12 heavy (non-hydrogen) atoms. The molecule has 2 atom stereocenters. The molecule has 2 nitrogen and oxygen atoms in total. The minimum atomic E-state index is 0.0458. The van der Waals surface area contributed by atoms with Crippen LogP contribution >= 0.6 is 0 Å². The monoisotopic (exact) mass is 174 g/mol. The molecule has 0 fully saturated rings. The molecule has 0 aromatic rings. The van der Waals surface area contributed by atoms with Crippen molar-refractivity contribution in [2.24, 2.45) is 5.41 Å². The quantitative estimate of drug-likeness (QED) is 0.669. The standard InChI is InChI=1S/C10H22O2/c1-5-6-10(3,8-11)7-9(2)12-4/h9,11H,5-8H2,1-4H3. The zero-order valence-corrected chi connectivity index (χ0v) is 8.76. The number of hydrogen-bond donors (Lipinski definition) is 1. The summed E-state index contributed by atoms with van der Waals surface area (Å²) < 4.78 is 5.18. The highest BCUT2D eigenvalue weighted by molar-refractivity contribution is 4.75. The summed E-state index contributed by atoms with van der Waals surface area (Å²) in [6.07, 6.45) is 3.37. The Balaban J connectivity index is 3.94. The van der Waals surface area contributed by atoms with Crippen LogP contribution in [-0.2, 0) is 4.74 Å². The Morgan fingerprint density at radius 2 is 2.08 bits per heavy atom. The van der Waals surface area contributed by atoms with Crippen molar-refractivity contribution in [3.8, 4) is 0 Å². The van der Waals surface area contributed by atoms with Crippen molar-refractivity contribution in [3.05, 3.63) is 0 Å². The average Bonchev–Trinajstić information content (AvgIpc) is 2.05. The summed E-state index contributed by atoms with van der Waals surface area (Å²) in [5.74, 6) is 0. The Morgan fingerprint density at radius 3 is 2.42 bits per heavy atom. The van der Waals surface area contributed by atoms with Gasteiger partial charge in [0.1, 0.15) is 0 Å². The van der Waals surface area contributed by atoms with Gasteiger partial charge in [0.15, 0.2) is 0 Å². The highest BCUT2D eigenvalue weighted by Gasteiger charge is 2.24. The number of hydrogen-bond acceptors (Lipinski definition) is 2. The van der Waals surface area contributed by atoms with Crippen LogP contribution < -0.4 is 0 Å². The van der Waals surface area contributed by atoms with E-state index in [0.29, 0.717) is 0 Å². The Morgan fingerprint density at radius 1 is 1.50 bits per heavy atom. The molecule has 0 aliphatic heterocycles. The number of aliphatic hydroxyl groups is 1. The third-order valence-electron chi connectivity index (χ3n) is 2.42. The lowest BCUT2D eigenvalue weighted by Crippen LogP contribution is -2.26. The van der Waals surface area contributed by atoms with Crippen LogP contribution in [0.4, 0.5) is 0 Å². The van der Waals surface area contributed by atoms with Gasteiger partial charge in [-0.05, 0) is 25.2 Å². The Hall–Kier alpha value is -0.0800. The number of methoxy groups -OCH3 is 1. The Kier molecular flexibility index (Phi) is 5.51. The van der Waals surface area contributed by atoms with E-state index in [4.69, 9.17) is 4.74 Å². The van der Waals surface area contributed by atoms with Gasteiger partial charge in [-0.2, -0.15) is 0 Å². The van der Waals surface area contributed by atoms with Gasteiger partial charge < -0.3 is 9.84 Å². The van der Waals surface area contributed by atoms with Crippen LogP contribution in [0.5, 0.6) is 0 Å². The first-order chi connectivity index (χ1) is 5.58. The minimum Gasteiger partial charge on any atom is -0.396 e. The smallest absolute Gasteiger partial charge is 0.0549 e. The largest absolute Gasteiger partial charge is 0.396 e. The lowest BCUT2D eigenvalue weighted by Gasteiger charge is -2.29. The van der Waals surface area contributed by atoms with Crippen LogP contribution in [0.2, 0.25) is 0 Å².